The first-order valence-electron chi connectivity index (χ1n) is 4.73. The smallest absolute Gasteiger partial charge is 0.124 e. The van der Waals surface area contributed by atoms with Crippen LogP contribution in [0.3, 0.4) is 0 Å². The second-order valence-corrected chi connectivity index (χ2v) is 3.70. The molecule has 0 amide bonds. The van der Waals surface area contributed by atoms with Gasteiger partial charge in [-0.05, 0) is 7.05 Å². The van der Waals surface area contributed by atoms with Crippen molar-refractivity contribution in [2.45, 2.75) is 6.42 Å². The molecule has 0 N–H and O–H groups in total. The van der Waals surface area contributed by atoms with E-state index in [-0.39, 0.29) is 0 Å². The largest absolute Gasteiger partial charge is 0.304 e. The number of rotatable bonds is 4. The number of piperazine rings is 1. The second kappa shape index (κ2) is 5.14. The van der Waals surface area contributed by atoms with Crippen molar-refractivity contribution >= 4 is 6.29 Å². The van der Waals surface area contributed by atoms with Crippen LogP contribution < -0.4 is 0 Å². The van der Waals surface area contributed by atoms with Gasteiger partial charge in [0.25, 0.3) is 0 Å². The molecule has 13 heavy (non-hydrogen) atoms. The summed E-state index contributed by atoms with van der Waals surface area (Å²) in [6.07, 6.45) is 1.44. The molecule has 0 atom stereocenters. The molecule has 1 aliphatic heterocycles. The number of aldehydes is 1. The number of carbonyl (C=O) groups is 1. The van der Waals surface area contributed by atoms with E-state index in [9.17, 15) is 4.79 Å². The summed E-state index contributed by atoms with van der Waals surface area (Å²) in [5, 5.41) is 0. The Balaban J connectivity index is 2.22. The normalized spacial score (nSPS) is 20.1. The minimum absolute atomic E-state index is 0.506. The molecule has 0 unspecified atom stereocenters. The minimum Gasteiger partial charge on any atom is -0.304 e. The molecule has 74 valence electrons. The maximum Gasteiger partial charge on any atom is 0.124 e. The van der Waals surface area contributed by atoms with Gasteiger partial charge < -0.3 is 9.69 Å². The van der Waals surface area contributed by atoms with Gasteiger partial charge in [-0.25, -0.2) is 0 Å². The van der Waals surface area contributed by atoms with Gasteiger partial charge >= 0.3 is 0 Å². The van der Waals surface area contributed by atoms with Crippen molar-refractivity contribution < 1.29 is 4.79 Å². The molecular weight excluding hydrogens is 164 g/mol. The highest BCUT2D eigenvalue weighted by atomic mass is 16.1. The molecule has 1 rings (SSSR count). The highest BCUT2D eigenvalue weighted by molar-refractivity contribution is 5.53. The van der Waals surface area contributed by atoms with E-state index in [1.165, 1.54) is 0 Å². The fourth-order valence-corrected chi connectivity index (χ4v) is 1.50. The molecule has 1 aliphatic rings. The Morgan fingerprint density at radius 2 is 2.00 bits per heavy atom. The molecule has 0 radical (unpaired) electrons. The first-order chi connectivity index (χ1) is 6.22. The van der Waals surface area contributed by atoms with Crippen LogP contribution in [-0.4, -0.2) is 55.9 Å². The predicted octanol–water partition coefficient (Wildman–Crippen LogP) is 0.379. The maximum atomic E-state index is 10.2. The van der Waals surface area contributed by atoms with Crippen molar-refractivity contribution in [1.29, 1.82) is 0 Å². The van der Waals surface area contributed by atoms with Crippen molar-refractivity contribution in [3.8, 4) is 0 Å². The quantitative estimate of drug-likeness (QED) is 0.464. The number of nitrogens with zero attached hydrogens (tertiary/aromatic N) is 2. The Labute approximate surface area is 80.0 Å². The van der Waals surface area contributed by atoms with Gasteiger partial charge in [0.05, 0.1) is 0 Å². The van der Waals surface area contributed by atoms with E-state index in [4.69, 9.17) is 0 Å². The van der Waals surface area contributed by atoms with E-state index in [1.807, 2.05) is 0 Å². The minimum atomic E-state index is 0.506. The maximum absolute atomic E-state index is 10.2. The zero-order chi connectivity index (χ0) is 9.68. The number of likely N-dealkylation sites (N-methyl/N-ethyl adjacent to an activating group) is 1. The van der Waals surface area contributed by atoms with Crippen LogP contribution in [-0.2, 0) is 4.79 Å². The fraction of sp³-hybridized carbons (Fsp3) is 0.700. The molecule has 0 aromatic rings. The lowest BCUT2D eigenvalue weighted by atomic mass is 10.2. The SMILES string of the molecule is C=C(CC=O)CN1CCN(C)CC1. The molecule has 0 aromatic heterocycles. The van der Waals surface area contributed by atoms with E-state index >= 15 is 0 Å². The van der Waals surface area contributed by atoms with Gasteiger partial charge in [0.2, 0.25) is 0 Å². The summed E-state index contributed by atoms with van der Waals surface area (Å²) in [6.45, 7) is 9.17. The summed E-state index contributed by atoms with van der Waals surface area (Å²) < 4.78 is 0. The van der Waals surface area contributed by atoms with Gasteiger partial charge in [-0.2, -0.15) is 0 Å². The third-order valence-corrected chi connectivity index (χ3v) is 2.42. The molecule has 3 nitrogen and oxygen atoms in total. The lowest BCUT2D eigenvalue weighted by Gasteiger charge is -2.32. The number of hydrogen-bond donors (Lipinski definition) is 0. The fourth-order valence-electron chi connectivity index (χ4n) is 1.50. The molecule has 1 fully saturated rings. The number of carbonyl (C=O) groups excluding carboxylic acids is 1. The van der Waals surface area contributed by atoms with Crippen molar-refractivity contribution in [2.24, 2.45) is 0 Å². The molecule has 0 aromatic carbocycles. The topological polar surface area (TPSA) is 23.6 Å². The van der Waals surface area contributed by atoms with E-state index in [0.717, 1.165) is 44.6 Å². The van der Waals surface area contributed by atoms with E-state index < -0.39 is 0 Å². The Morgan fingerprint density at radius 1 is 1.38 bits per heavy atom. The molecular formula is C10H18N2O. The van der Waals surface area contributed by atoms with Crippen LogP contribution in [0, 0.1) is 0 Å². The van der Waals surface area contributed by atoms with Crippen LogP contribution in [0.1, 0.15) is 6.42 Å². The highest BCUT2D eigenvalue weighted by Crippen LogP contribution is 2.04. The molecule has 1 heterocycles. The van der Waals surface area contributed by atoms with Gasteiger partial charge in [0.15, 0.2) is 0 Å². The third kappa shape index (κ3) is 3.70. The average Bonchev–Trinajstić information content (AvgIpc) is 2.09. The van der Waals surface area contributed by atoms with E-state index in [1.54, 1.807) is 0 Å². The van der Waals surface area contributed by atoms with E-state index in [2.05, 4.69) is 23.4 Å². The van der Waals surface area contributed by atoms with Gasteiger partial charge in [0, 0.05) is 39.1 Å². The van der Waals surface area contributed by atoms with Crippen LogP contribution in [0.2, 0.25) is 0 Å². The summed E-state index contributed by atoms with van der Waals surface area (Å²) in [6, 6.07) is 0. The Morgan fingerprint density at radius 3 is 2.54 bits per heavy atom. The molecule has 0 saturated carbocycles. The van der Waals surface area contributed by atoms with Crippen LogP contribution in [0.15, 0.2) is 12.2 Å². The van der Waals surface area contributed by atoms with Crippen LogP contribution in [0.5, 0.6) is 0 Å². The Kier molecular flexibility index (Phi) is 4.12. The Hall–Kier alpha value is -0.670. The molecule has 1 saturated heterocycles. The van der Waals surface area contributed by atoms with Crippen LogP contribution in [0.25, 0.3) is 0 Å². The van der Waals surface area contributed by atoms with Crippen LogP contribution in [0.4, 0.5) is 0 Å². The third-order valence-electron chi connectivity index (χ3n) is 2.42. The Bertz CT molecular complexity index is 183. The second-order valence-electron chi connectivity index (χ2n) is 3.70. The molecule has 0 aliphatic carbocycles. The highest BCUT2D eigenvalue weighted by Gasteiger charge is 2.13. The summed E-state index contributed by atoms with van der Waals surface area (Å²) in [5.74, 6) is 0. The first-order valence-corrected chi connectivity index (χ1v) is 4.73. The molecule has 0 bridgehead atoms. The van der Waals surface area contributed by atoms with Gasteiger partial charge in [0.1, 0.15) is 6.29 Å². The van der Waals surface area contributed by atoms with Crippen molar-refractivity contribution in [2.75, 3.05) is 39.8 Å². The summed E-state index contributed by atoms with van der Waals surface area (Å²) in [5.41, 5.74) is 1.03. The van der Waals surface area contributed by atoms with Crippen molar-refractivity contribution in [1.82, 2.24) is 9.80 Å². The lowest BCUT2D eigenvalue weighted by Crippen LogP contribution is -2.44. The zero-order valence-corrected chi connectivity index (χ0v) is 8.33. The summed E-state index contributed by atoms with van der Waals surface area (Å²) in [4.78, 5) is 14.9. The van der Waals surface area contributed by atoms with Crippen LogP contribution >= 0.6 is 0 Å². The number of hydrogen-bond acceptors (Lipinski definition) is 3. The first kappa shape index (κ1) is 10.4. The monoisotopic (exact) mass is 182 g/mol. The predicted molar refractivity (Wildman–Crippen MR) is 53.8 cm³/mol. The van der Waals surface area contributed by atoms with E-state index in [0.29, 0.717) is 6.42 Å². The summed E-state index contributed by atoms with van der Waals surface area (Å²) >= 11 is 0. The van der Waals surface area contributed by atoms with Gasteiger partial charge in [-0.15, -0.1) is 0 Å². The summed E-state index contributed by atoms with van der Waals surface area (Å²) in [7, 11) is 2.14. The standard InChI is InChI=1S/C10H18N2O/c1-10(3-8-13)9-12-6-4-11(2)5-7-12/h8H,1,3-7,9H2,2H3. The zero-order valence-electron chi connectivity index (χ0n) is 8.33. The molecule has 0 spiro atoms. The van der Waals surface area contributed by atoms with Crippen molar-refractivity contribution in [3.05, 3.63) is 12.2 Å². The lowest BCUT2D eigenvalue weighted by molar-refractivity contribution is -0.107. The van der Waals surface area contributed by atoms with Gasteiger partial charge in [-0.1, -0.05) is 12.2 Å². The average molecular weight is 182 g/mol. The van der Waals surface area contributed by atoms with Crippen molar-refractivity contribution in [3.63, 3.8) is 0 Å². The molecule has 3 heteroatoms. The van der Waals surface area contributed by atoms with Gasteiger partial charge in [-0.3, -0.25) is 4.90 Å².